The number of hydrogen-bond donors (Lipinski definition) is 0. The lowest BCUT2D eigenvalue weighted by molar-refractivity contribution is 0.344. The van der Waals surface area contributed by atoms with Crippen molar-refractivity contribution < 1.29 is 0 Å². The third-order valence-electron chi connectivity index (χ3n) is 2.96. The van der Waals surface area contributed by atoms with E-state index in [2.05, 4.69) is 36.4 Å². The average Bonchev–Trinajstić information content (AvgIpc) is 2.36. The van der Waals surface area contributed by atoms with Gasteiger partial charge in [-0.3, -0.25) is 0 Å². The molecule has 0 aliphatic heterocycles. The van der Waals surface area contributed by atoms with Crippen LogP contribution in [-0.4, -0.2) is 3.92 Å². The van der Waals surface area contributed by atoms with Gasteiger partial charge < -0.3 is 0 Å². The van der Waals surface area contributed by atoms with Gasteiger partial charge in [0.2, 0.25) is 0 Å². The van der Waals surface area contributed by atoms with Crippen molar-refractivity contribution in [1.29, 1.82) is 0 Å². The predicted octanol–water partition coefficient (Wildman–Crippen LogP) is 4.03. The summed E-state index contributed by atoms with van der Waals surface area (Å²) in [7, 11) is 0. The monoisotopic (exact) mass is 266 g/mol. The Bertz CT molecular complexity index is 111. The van der Waals surface area contributed by atoms with Crippen LogP contribution in [0, 0.1) is 11.8 Å². The summed E-state index contributed by atoms with van der Waals surface area (Å²) in [6, 6.07) is 0. The van der Waals surface area contributed by atoms with Crippen molar-refractivity contribution in [1.82, 2.24) is 0 Å². The van der Waals surface area contributed by atoms with Crippen LogP contribution < -0.4 is 0 Å². The van der Waals surface area contributed by atoms with Gasteiger partial charge in [0.05, 0.1) is 0 Å². The Balaban J connectivity index is 2.25. The zero-order valence-corrected chi connectivity index (χ0v) is 9.80. The molecule has 11 heavy (non-hydrogen) atoms. The molecule has 0 spiro atoms. The largest absolute Gasteiger partial charge is 0.0826 e. The third kappa shape index (κ3) is 2.92. The van der Waals surface area contributed by atoms with E-state index in [-0.39, 0.29) is 0 Å². The summed E-state index contributed by atoms with van der Waals surface area (Å²) in [6.45, 7) is 4.73. The van der Waals surface area contributed by atoms with Crippen LogP contribution in [0.4, 0.5) is 0 Å². The zero-order chi connectivity index (χ0) is 8.27. The Labute approximate surface area is 84.3 Å². The second kappa shape index (κ2) is 4.68. The summed E-state index contributed by atoms with van der Waals surface area (Å²) in [5.74, 6) is 2.04. The molecule has 0 aromatic rings. The van der Waals surface area contributed by atoms with Gasteiger partial charge in [-0.2, -0.15) is 0 Å². The van der Waals surface area contributed by atoms with Gasteiger partial charge in [0, 0.05) is 3.92 Å². The summed E-state index contributed by atoms with van der Waals surface area (Å²) in [6.07, 6.45) is 7.26. The van der Waals surface area contributed by atoms with E-state index in [9.17, 15) is 0 Å². The predicted molar refractivity (Wildman–Crippen MR) is 59.2 cm³/mol. The van der Waals surface area contributed by atoms with Gasteiger partial charge in [-0.15, -0.1) is 0 Å². The maximum atomic E-state index is 2.61. The molecule has 0 heterocycles. The Kier molecular flexibility index (Phi) is 4.18. The van der Waals surface area contributed by atoms with Crippen molar-refractivity contribution in [2.45, 2.75) is 49.9 Å². The molecule has 0 aromatic heterocycles. The maximum Gasteiger partial charge on any atom is 0.0112 e. The van der Waals surface area contributed by atoms with E-state index in [4.69, 9.17) is 0 Å². The molecule has 1 saturated carbocycles. The quantitative estimate of drug-likeness (QED) is 0.534. The van der Waals surface area contributed by atoms with Crippen LogP contribution in [0.15, 0.2) is 0 Å². The van der Waals surface area contributed by atoms with E-state index >= 15 is 0 Å². The van der Waals surface area contributed by atoms with Gasteiger partial charge in [-0.1, -0.05) is 49.3 Å². The molecule has 0 radical (unpaired) electrons. The van der Waals surface area contributed by atoms with Crippen LogP contribution in [0.2, 0.25) is 0 Å². The highest BCUT2D eigenvalue weighted by Gasteiger charge is 2.26. The average molecular weight is 266 g/mol. The number of rotatable bonds is 3. The lowest BCUT2D eigenvalue weighted by atomic mass is 9.89. The Morgan fingerprint density at radius 3 is 2.64 bits per heavy atom. The molecule has 1 fully saturated rings. The third-order valence-corrected chi connectivity index (χ3v) is 4.09. The molecule has 0 aromatic carbocycles. The Morgan fingerprint density at radius 2 is 2.18 bits per heavy atom. The van der Waals surface area contributed by atoms with E-state index in [1.165, 1.54) is 32.1 Å². The minimum atomic E-state index is 0.983. The van der Waals surface area contributed by atoms with Crippen molar-refractivity contribution in [3.63, 3.8) is 0 Å². The summed E-state index contributed by atoms with van der Waals surface area (Å²) in [5, 5.41) is 0. The van der Waals surface area contributed by atoms with Crippen molar-refractivity contribution in [3.05, 3.63) is 0 Å². The van der Waals surface area contributed by atoms with Gasteiger partial charge in [0.1, 0.15) is 0 Å². The van der Waals surface area contributed by atoms with Gasteiger partial charge >= 0.3 is 0 Å². The molecule has 3 atom stereocenters. The number of halogens is 1. The van der Waals surface area contributed by atoms with E-state index in [1.807, 2.05) is 0 Å². The van der Waals surface area contributed by atoms with Crippen molar-refractivity contribution >= 4 is 22.6 Å². The van der Waals surface area contributed by atoms with Gasteiger partial charge in [0.15, 0.2) is 0 Å². The molecule has 0 nitrogen and oxygen atoms in total. The van der Waals surface area contributed by atoms with E-state index in [0.717, 1.165) is 15.8 Å². The normalized spacial score (nSPS) is 34.1. The smallest absolute Gasteiger partial charge is 0.0112 e. The highest BCUT2D eigenvalue weighted by molar-refractivity contribution is 14.1. The minimum Gasteiger partial charge on any atom is -0.0826 e. The van der Waals surface area contributed by atoms with Crippen LogP contribution in [0.3, 0.4) is 0 Å². The molecular formula is C10H19I. The van der Waals surface area contributed by atoms with Gasteiger partial charge in [-0.05, 0) is 31.1 Å². The molecule has 0 bridgehead atoms. The van der Waals surface area contributed by atoms with Crippen molar-refractivity contribution in [3.8, 4) is 0 Å². The van der Waals surface area contributed by atoms with Crippen LogP contribution in [0.1, 0.15) is 46.0 Å². The molecule has 3 unspecified atom stereocenters. The second-order valence-electron chi connectivity index (χ2n) is 3.94. The molecule has 0 N–H and O–H groups in total. The van der Waals surface area contributed by atoms with Gasteiger partial charge in [-0.25, -0.2) is 0 Å². The first-order valence-electron chi connectivity index (χ1n) is 4.88. The SMILES string of the molecule is CCCC(C)C1CCC(I)C1. The molecular weight excluding hydrogens is 247 g/mol. The van der Waals surface area contributed by atoms with Crippen molar-refractivity contribution in [2.24, 2.45) is 11.8 Å². The van der Waals surface area contributed by atoms with E-state index in [0.29, 0.717) is 0 Å². The maximum absolute atomic E-state index is 2.61. The van der Waals surface area contributed by atoms with E-state index in [1.54, 1.807) is 0 Å². The topological polar surface area (TPSA) is 0 Å². The highest BCUT2D eigenvalue weighted by Crippen LogP contribution is 2.37. The fourth-order valence-corrected chi connectivity index (χ4v) is 3.18. The lowest BCUT2D eigenvalue weighted by Crippen LogP contribution is -2.07. The molecule has 1 aliphatic rings. The fourth-order valence-electron chi connectivity index (χ4n) is 2.17. The standard InChI is InChI=1S/C10H19I/c1-3-4-8(2)9-5-6-10(11)7-9/h8-10H,3-7H2,1-2H3. The van der Waals surface area contributed by atoms with Crippen LogP contribution in [0.25, 0.3) is 0 Å². The molecule has 0 saturated heterocycles. The van der Waals surface area contributed by atoms with Crippen molar-refractivity contribution in [2.75, 3.05) is 0 Å². The molecule has 66 valence electrons. The highest BCUT2D eigenvalue weighted by atomic mass is 127. The number of alkyl halides is 1. The summed E-state index contributed by atoms with van der Waals surface area (Å²) in [5.41, 5.74) is 0. The fraction of sp³-hybridized carbons (Fsp3) is 1.00. The van der Waals surface area contributed by atoms with Crippen LogP contribution in [0.5, 0.6) is 0 Å². The first-order chi connectivity index (χ1) is 5.24. The lowest BCUT2D eigenvalue weighted by Gasteiger charge is -2.17. The molecule has 1 heteroatoms. The van der Waals surface area contributed by atoms with Gasteiger partial charge in [0.25, 0.3) is 0 Å². The van der Waals surface area contributed by atoms with Crippen LogP contribution >= 0.6 is 22.6 Å². The van der Waals surface area contributed by atoms with Crippen LogP contribution in [-0.2, 0) is 0 Å². The summed E-state index contributed by atoms with van der Waals surface area (Å²) >= 11 is 2.61. The molecule has 1 aliphatic carbocycles. The number of hydrogen-bond acceptors (Lipinski definition) is 0. The summed E-state index contributed by atoms with van der Waals surface area (Å²) < 4.78 is 0.983. The Morgan fingerprint density at radius 1 is 1.45 bits per heavy atom. The first-order valence-corrected chi connectivity index (χ1v) is 6.12. The second-order valence-corrected chi connectivity index (χ2v) is 5.70. The molecule has 0 amide bonds. The Hall–Kier alpha value is 0.730. The first kappa shape index (κ1) is 9.82. The van der Waals surface area contributed by atoms with E-state index < -0.39 is 0 Å². The minimum absolute atomic E-state index is 0.983. The summed E-state index contributed by atoms with van der Waals surface area (Å²) in [4.78, 5) is 0. The zero-order valence-electron chi connectivity index (χ0n) is 7.65. The molecule has 1 rings (SSSR count).